The fourth-order valence-corrected chi connectivity index (χ4v) is 7.20. The van der Waals surface area contributed by atoms with Crippen molar-refractivity contribution >= 4 is 40.7 Å². The molecule has 1 N–H and O–H groups in total. The van der Waals surface area contributed by atoms with E-state index in [1.54, 1.807) is 23.0 Å². The number of rotatable bonds is 6. The summed E-state index contributed by atoms with van der Waals surface area (Å²) in [6.45, 7) is 0.547. The second-order valence-corrected chi connectivity index (χ2v) is 12.7. The number of hydrogen-bond acceptors (Lipinski definition) is 7. The van der Waals surface area contributed by atoms with Crippen molar-refractivity contribution < 1.29 is 26.4 Å². The average molecular weight is 609 g/mol. The largest absolute Gasteiger partial charge is 0.471 e. The van der Waals surface area contributed by atoms with Gasteiger partial charge in [-0.1, -0.05) is 12.1 Å². The van der Waals surface area contributed by atoms with Crippen LogP contribution in [-0.2, 0) is 34.3 Å². The molecular weight excluding hydrogens is 582 g/mol. The van der Waals surface area contributed by atoms with Gasteiger partial charge in [0.15, 0.2) is 5.65 Å². The van der Waals surface area contributed by atoms with Crippen LogP contribution in [0.1, 0.15) is 41.1 Å². The van der Waals surface area contributed by atoms with Crippen LogP contribution in [0.25, 0.3) is 5.65 Å². The highest BCUT2D eigenvalue weighted by Crippen LogP contribution is 2.33. The monoisotopic (exact) mass is 609 g/mol. The molecule has 3 aromatic heterocycles. The van der Waals surface area contributed by atoms with Gasteiger partial charge in [0.1, 0.15) is 13.7 Å². The Morgan fingerprint density at radius 1 is 1.12 bits per heavy atom. The predicted octanol–water partition coefficient (Wildman–Crippen LogP) is 2.55. The van der Waals surface area contributed by atoms with Gasteiger partial charge in [0.2, 0.25) is 10.0 Å². The topological polar surface area (TPSA) is 113 Å². The number of alkyl halides is 3. The van der Waals surface area contributed by atoms with E-state index < -0.39 is 22.1 Å². The van der Waals surface area contributed by atoms with Gasteiger partial charge < -0.3 is 10.2 Å². The highest BCUT2D eigenvalue weighted by Gasteiger charge is 2.43. The molecule has 0 aliphatic carbocycles. The zero-order valence-corrected chi connectivity index (χ0v) is 23.8. The third-order valence-electron chi connectivity index (χ3n) is 7.88. The first-order chi connectivity index (χ1) is 20.5. The molecule has 43 heavy (non-hydrogen) atoms. The molecule has 1 saturated heterocycles. The number of anilines is 1. The van der Waals surface area contributed by atoms with E-state index in [2.05, 4.69) is 15.4 Å². The Morgan fingerprint density at radius 3 is 2.72 bits per heavy atom. The molecule has 1 aromatic carbocycles. The molecule has 10 nitrogen and oxygen atoms in total. The number of hydrogen-bond donors (Lipinski definition) is 1. The van der Waals surface area contributed by atoms with Crippen molar-refractivity contribution in [3.8, 4) is 0 Å². The molecule has 2 aliphatic heterocycles. The quantitative estimate of drug-likeness (QED) is 0.335. The number of piperidine rings is 1. The zero-order chi connectivity index (χ0) is 30.4. The van der Waals surface area contributed by atoms with Gasteiger partial charge in [-0.2, -0.15) is 27.1 Å². The van der Waals surface area contributed by atoms with E-state index in [9.17, 15) is 26.4 Å². The molecule has 2 radical (unpaired) electrons. The molecule has 15 heteroatoms. The van der Waals surface area contributed by atoms with E-state index in [4.69, 9.17) is 12.8 Å². The number of pyridine rings is 1. The lowest BCUT2D eigenvalue weighted by Crippen LogP contribution is -2.43. The molecule has 0 bridgehead atoms. The van der Waals surface area contributed by atoms with Crippen LogP contribution < -0.4 is 10.8 Å². The minimum atomic E-state index is -4.99. The van der Waals surface area contributed by atoms with E-state index in [1.165, 1.54) is 22.6 Å². The Morgan fingerprint density at radius 2 is 1.95 bits per heavy atom. The fraction of sp³-hybridized carbons (Fsp3) is 0.357. The molecule has 1 atom stereocenters. The number of amides is 1. The lowest BCUT2D eigenvalue weighted by Gasteiger charge is -2.33. The molecular formula is C28H27BF3N7O3S. The molecule has 222 valence electrons. The highest BCUT2D eigenvalue weighted by atomic mass is 32.2. The lowest BCUT2D eigenvalue weighted by molar-refractivity contribution is -0.186. The summed E-state index contributed by atoms with van der Waals surface area (Å²) in [4.78, 5) is 21.4. The lowest BCUT2D eigenvalue weighted by atomic mass is 9.95. The van der Waals surface area contributed by atoms with Crippen molar-refractivity contribution in [2.24, 2.45) is 0 Å². The third-order valence-corrected chi connectivity index (χ3v) is 9.74. The number of halogens is 3. The van der Waals surface area contributed by atoms with E-state index in [-0.39, 0.29) is 43.4 Å². The summed E-state index contributed by atoms with van der Waals surface area (Å²) in [5, 5.41) is 7.68. The van der Waals surface area contributed by atoms with Gasteiger partial charge in [-0.15, -0.1) is 0 Å². The van der Waals surface area contributed by atoms with Crippen LogP contribution in [0.15, 0.2) is 59.9 Å². The van der Waals surface area contributed by atoms with E-state index >= 15 is 0 Å². The predicted molar refractivity (Wildman–Crippen MR) is 152 cm³/mol. The van der Waals surface area contributed by atoms with Crippen molar-refractivity contribution in [1.82, 2.24) is 28.8 Å². The summed E-state index contributed by atoms with van der Waals surface area (Å²) in [6.07, 6.45) is 1.46. The number of fused-ring (bicyclic) bond motifs is 2. The number of nitrogens with zero attached hydrogens (tertiary/aromatic N) is 6. The molecule has 5 heterocycles. The number of aromatic nitrogens is 4. The molecule has 0 saturated carbocycles. The number of carbonyl (C=O) groups excluding carboxylic acids is 1. The average Bonchev–Trinajstić information content (AvgIpc) is 3.39. The van der Waals surface area contributed by atoms with E-state index in [1.807, 2.05) is 18.2 Å². The Kier molecular flexibility index (Phi) is 7.63. The Hall–Kier alpha value is -3.98. The van der Waals surface area contributed by atoms with Crippen molar-refractivity contribution in [2.45, 2.75) is 49.3 Å². The number of benzene rings is 1. The maximum Gasteiger partial charge on any atom is 0.471 e. The highest BCUT2D eigenvalue weighted by molar-refractivity contribution is 7.89. The third kappa shape index (κ3) is 5.83. The smallest absolute Gasteiger partial charge is 0.366 e. The van der Waals surface area contributed by atoms with Crippen LogP contribution in [0.4, 0.5) is 19.0 Å². The molecule has 1 amide bonds. The van der Waals surface area contributed by atoms with Crippen LogP contribution in [0.3, 0.4) is 0 Å². The summed E-state index contributed by atoms with van der Waals surface area (Å²) in [5.41, 5.74) is 3.59. The van der Waals surface area contributed by atoms with Crippen LogP contribution in [-0.4, -0.2) is 76.8 Å². The molecule has 2 aliphatic rings. The summed E-state index contributed by atoms with van der Waals surface area (Å²) >= 11 is 0. The first kappa shape index (κ1) is 29.1. The molecule has 6 rings (SSSR count). The van der Waals surface area contributed by atoms with Crippen molar-refractivity contribution in [3.63, 3.8) is 0 Å². The molecule has 1 unspecified atom stereocenters. The van der Waals surface area contributed by atoms with Crippen LogP contribution >= 0.6 is 0 Å². The van der Waals surface area contributed by atoms with Crippen molar-refractivity contribution in [1.29, 1.82) is 0 Å². The Balaban J connectivity index is 1.24. The fourth-order valence-electron chi connectivity index (χ4n) is 5.63. The van der Waals surface area contributed by atoms with Gasteiger partial charge in [0.25, 0.3) is 0 Å². The maximum absolute atomic E-state index is 13.8. The van der Waals surface area contributed by atoms with Crippen molar-refractivity contribution in [2.75, 3.05) is 25.0 Å². The molecule has 4 aromatic rings. The van der Waals surface area contributed by atoms with Gasteiger partial charge >= 0.3 is 12.1 Å². The normalized spacial score (nSPS) is 18.0. The van der Waals surface area contributed by atoms with Gasteiger partial charge in [0.05, 0.1) is 10.6 Å². The first-order valence-corrected chi connectivity index (χ1v) is 15.2. The molecule has 1 fully saturated rings. The Bertz CT molecular complexity index is 1780. The summed E-state index contributed by atoms with van der Waals surface area (Å²) in [6, 6.07) is 10.1. The van der Waals surface area contributed by atoms with Gasteiger partial charge in [0, 0.05) is 63.3 Å². The van der Waals surface area contributed by atoms with E-state index in [0.29, 0.717) is 52.5 Å². The van der Waals surface area contributed by atoms with Crippen LogP contribution in [0, 0.1) is 0 Å². The minimum Gasteiger partial charge on any atom is -0.366 e. The minimum absolute atomic E-state index is 0.0181. The van der Waals surface area contributed by atoms with Crippen LogP contribution in [0.5, 0.6) is 0 Å². The Labute approximate surface area is 247 Å². The van der Waals surface area contributed by atoms with Crippen LogP contribution in [0.2, 0.25) is 0 Å². The molecule has 0 spiro atoms. The maximum atomic E-state index is 13.8. The SMILES string of the molecule is [B]c1cnn2c(NCc3cccnc3)cc(C3CCCN(S(=O)(=O)c4ccc5c(c4)CN(C(=O)C(F)(F)F)CC5)C3)nc12. The second kappa shape index (κ2) is 11.3. The first-order valence-electron chi connectivity index (χ1n) is 13.8. The summed E-state index contributed by atoms with van der Waals surface area (Å²) in [7, 11) is 2.17. The van der Waals surface area contributed by atoms with Gasteiger partial charge in [-0.25, -0.2) is 13.4 Å². The van der Waals surface area contributed by atoms with E-state index in [0.717, 1.165) is 11.1 Å². The van der Waals surface area contributed by atoms with Crippen molar-refractivity contribution in [3.05, 3.63) is 77.4 Å². The number of carbonyl (C=O) groups is 1. The number of nitrogens with one attached hydrogen (secondary N) is 1. The number of sulfonamides is 1. The standard InChI is InChI=1S/C28H27BF3N7O3S/c29-23-15-35-39-25(34-14-18-3-1-8-33-13-18)12-24(36-26(23)39)20-4-2-9-38(17-20)43(41,42)22-6-5-19-7-10-37(16-21(19)11-22)27(40)28(30,31)32/h1,3,5-6,8,11-13,15,20,34H,2,4,7,9-10,14,16-17H2. The summed E-state index contributed by atoms with van der Waals surface area (Å²) in [5.74, 6) is -1.52. The zero-order valence-electron chi connectivity index (χ0n) is 23.0. The summed E-state index contributed by atoms with van der Waals surface area (Å²) < 4.78 is 69.6. The second-order valence-electron chi connectivity index (χ2n) is 10.7. The van der Waals surface area contributed by atoms with Gasteiger partial charge in [-0.3, -0.25) is 9.78 Å². The van der Waals surface area contributed by atoms with Gasteiger partial charge in [-0.05, 0) is 59.6 Å².